The predicted octanol–water partition coefficient (Wildman–Crippen LogP) is 4.97. The van der Waals surface area contributed by atoms with Crippen LogP contribution in [0.15, 0.2) is 91.0 Å². The van der Waals surface area contributed by atoms with E-state index in [-0.39, 0.29) is 17.2 Å². The van der Waals surface area contributed by atoms with Gasteiger partial charge in [0.05, 0.1) is 4.75 Å². The molecule has 0 bridgehead atoms. The molecule has 150 valence electrons. The van der Waals surface area contributed by atoms with Crippen LogP contribution < -0.4 is 11.5 Å². The maximum absolute atomic E-state index is 5.85. The normalized spacial score (nSPS) is 10.4. The fraction of sp³-hybridized carbons (Fsp3) is 0.217. The Labute approximate surface area is 184 Å². The van der Waals surface area contributed by atoms with E-state index in [1.54, 1.807) is 0 Å². The van der Waals surface area contributed by atoms with Gasteiger partial charge in [-0.25, -0.2) is 0 Å². The molecule has 0 unspecified atom stereocenters. The van der Waals surface area contributed by atoms with Gasteiger partial charge in [-0.2, -0.15) is 12.6 Å². The summed E-state index contributed by atoms with van der Waals surface area (Å²) in [5, 5.41) is 0. The Bertz CT molecular complexity index is 657. The van der Waals surface area contributed by atoms with E-state index in [0.717, 1.165) is 11.5 Å². The van der Waals surface area contributed by atoms with E-state index in [1.165, 1.54) is 16.7 Å². The minimum atomic E-state index is -0.233. The highest BCUT2D eigenvalue weighted by Gasteiger charge is 2.36. The summed E-state index contributed by atoms with van der Waals surface area (Å²) in [6.45, 7) is 1.35. The van der Waals surface area contributed by atoms with Gasteiger partial charge >= 0.3 is 0 Å². The highest BCUT2D eigenvalue weighted by atomic mass is 35.5. The molecule has 4 N–H and O–H groups in total. The van der Waals surface area contributed by atoms with Crippen molar-refractivity contribution in [3.8, 4) is 0 Å². The smallest absolute Gasteiger partial charge is 0.0907 e. The van der Waals surface area contributed by atoms with E-state index in [4.69, 9.17) is 11.5 Å². The second-order valence-electron chi connectivity index (χ2n) is 5.93. The molecular formula is C23H29ClN2S2. The maximum atomic E-state index is 5.85. The van der Waals surface area contributed by atoms with E-state index in [0.29, 0.717) is 13.1 Å². The Morgan fingerprint density at radius 3 is 1.21 bits per heavy atom. The lowest BCUT2D eigenvalue weighted by atomic mass is 9.84. The predicted molar refractivity (Wildman–Crippen MR) is 131 cm³/mol. The van der Waals surface area contributed by atoms with Gasteiger partial charge in [-0.15, -0.1) is 24.2 Å². The van der Waals surface area contributed by atoms with Crippen LogP contribution in [-0.2, 0) is 4.75 Å². The first kappa shape index (κ1) is 24.6. The Kier molecular flexibility index (Phi) is 12.0. The summed E-state index contributed by atoms with van der Waals surface area (Å²) in [5.74, 6) is 1.69. The number of thioether (sulfide) groups is 1. The number of rotatable bonds is 7. The minimum Gasteiger partial charge on any atom is -0.330 e. The van der Waals surface area contributed by atoms with Crippen LogP contribution in [0.4, 0.5) is 0 Å². The molecule has 28 heavy (non-hydrogen) atoms. The summed E-state index contributed by atoms with van der Waals surface area (Å²) in [5.41, 5.74) is 14.7. The highest BCUT2D eigenvalue weighted by molar-refractivity contribution is 8.00. The Morgan fingerprint density at radius 1 is 0.643 bits per heavy atom. The van der Waals surface area contributed by atoms with Crippen LogP contribution >= 0.6 is 36.8 Å². The van der Waals surface area contributed by atoms with E-state index >= 15 is 0 Å². The molecule has 2 nitrogen and oxygen atoms in total. The number of hydrogen-bond donors (Lipinski definition) is 3. The summed E-state index contributed by atoms with van der Waals surface area (Å²) in [6, 6.07) is 32.1. The molecule has 0 fully saturated rings. The van der Waals surface area contributed by atoms with Gasteiger partial charge in [-0.1, -0.05) is 91.0 Å². The van der Waals surface area contributed by atoms with E-state index in [1.807, 2.05) is 11.8 Å². The molecule has 3 aromatic carbocycles. The molecule has 0 spiro atoms. The van der Waals surface area contributed by atoms with Gasteiger partial charge in [-0.05, 0) is 16.7 Å². The van der Waals surface area contributed by atoms with E-state index < -0.39 is 0 Å². The molecule has 0 aromatic heterocycles. The zero-order valence-corrected chi connectivity index (χ0v) is 18.4. The number of halogens is 1. The molecule has 5 heteroatoms. The molecule has 0 aliphatic heterocycles. The lowest BCUT2D eigenvalue weighted by Gasteiger charge is -2.35. The van der Waals surface area contributed by atoms with Crippen molar-refractivity contribution in [2.45, 2.75) is 4.75 Å². The van der Waals surface area contributed by atoms with Crippen LogP contribution in [0.25, 0.3) is 0 Å². The van der Waals surface area contributed by atoms with Gasteiger partial charge in [0.1, 0.15) is 0 Å². The van der Waals surface area contributed by atoms with Crippen LogP contribution in [0.1, 0.15) is 16.7 Å². The monoisotopic (exact) mass is 432 g/mol. The molecule has 0 heterocycles. The van der Waals surface area contributed by atoms with Crippen molar-refractivity contribution >= 4 is 36.8 Å². The summed E-state index contributed by atoms with van der Waals surface area (Å²) in [4.78, 5) is 0. The molecule has 0 aliphatic rings. The third-order valence-electron chi connectivity index (χ3n) is 4.11. The van der Waals surface area contributed by atoms with Crippen molar-refractivity contribution in [3.05, 3.63) is 108 Å². The van der Waals surface area contributed by atoms with Crippen LogP contribution in [-0.4, -0.2) is 24.6 Å². The van der Waals surface area contributed by atoms with Crippen LogP contribution in [0, 0.1) is 0 Å². The summed E-state index contributed by atoms with van der Waals surface area (Å²) < 4.78 is -0.233. The lowest BCUT2D eigenvalue weighted by Crippen LogP contribution is -2.27. The number of thiol groups is 1. The van der Waals surface area contributed by atoms with Crippen LogP contribution in [0.3, 0.4) is 0 Å². The maximum Gasteiger partial charge on any atom is 0.0907 e. The molecule has 3 aromatic rings. The van der Waals surface area contributed by atoms with Crippen molar-refractivity contribution < 1.29 is 0 Å². The van der Waals surface area contributed by atoms with Gasteiger partial charge in [-0.3, -0.25) is 0 Å². The largest absolute Gasteiger partial charge is 0.330 e. The fourth-order valence-electron chi connectivity index (χ4n) is 2.98. The summed E-state index contributed by atoms with van der Waals surface area (Å²) in [7, 11) is 0. The van der Waals surface area contributed by atoms with Crippen LogP contribution in [0.2, 0.25) is 0 Å². The lowest BCUT2D eigenvalue weighted by molar-refractivity contribution is 0.892. The van der Waals surface area contributed by atoms with Gasteiger partial charge < -0.3 is 11.5 Å². The standard InChI is InChI=1S/C21H21NS.C2H7NS.ClH/c22-16-17-23-21(18-10-4-1-5-11-18,19-12-6-2-7-13-19)20-14-8-3-9-15-20;3-1-2-4;/h1-15H,16-17,22H2;4H,1-3H2;1H. The van der Waals surface area contributed by atoms with Gasteiger partial charge in [0.25, 0.3) is 0 Å². The van der Waals surface area contributed by atoms with Crippen LogP contribution in [0.5, 0.6) is 0 Å². The van der Waals surface area contributed by atoms with Gasteiger partial charge in [0, 0.05) is 24.6 Å². The number of hydrogen-bond acceptors (Lipinski definition) is 4. The molecule has 0 amide bonds. The SMILES string of the molecule is Cl.NCCS.NCCSC(c1ccccc1)(c1ccccc1)c1ccccc1. The Hall–Kier alpha value is -1.43. The number of benzene rings is 3. The second kappa shape index (κ2) is 13.7. The van der Waals surface area contributed by atoms with Crippen molar-refractivity contribution in [2.24, 2.45) is 11.5 Å². The highest BCUT2D eigenvalue weighted by Crippen LogP contribution is 2.48. The zero-order valence-electron chi connectivity index (χ0n) is 15.9. The molecular weight excluding hydrogens is 404 g/mol. The summed E-state index contributed by atoms with van der Waals surface area (Å²) in [6.07, 6.45) is 0. The average Bonchev–Trinajstić information content (AvgIpc) is 2.77. The topological polar surface area (TPSA) is 52.0 Å². The molecule has 3 rings (SSSR count). The molecule has 0 saturated heterocycles. The van der Waals surface area contributed by atoms with Crippen molar-refractivity contribution in [1.29, 1.82) is 0 Å². The Morgan fingerprint density at radius 2 is 0.964 bits per heavy atom. The third-order valence-corrected chi connectivity index (χ3v) is 5.94. The first-order chi connectivity index (χ1) is 13.3. The molecule has 0 radical (unpaired) electrons. The van der Waals surface area contributed by atoms with Crippen molar-refractivity contribution in [3.63, 3.8) is 0 Å². The molecule has 0 atom stereocenters. The first-order valence-electron chi connectivity index (χ1n) is 9.11. The third kappa shape index (κ3) is 6.29. The quantitative estimate of drug-likeness (QED) is 0.365. The Balaban J connectivity index is 0.000000717. The fourth-order valence-corrected chi connectivity index (χ4v) is 4.31. The van der Waals surface area contributed by atoms with Crippen molar-refractivity contribution in [2.75, 3.05) is 24.6 Å². The minimum absolute atomic E-state index is 0. The summed E-state index contributed by atoms with van der Waals surface area (Å²) >= 11 is 5.70. The molecule has 0 aliphatic carbocycles. The van der Waals surface area contributed by atoms with E-state index in [2.05, 4.69) is 104 Å². The average molecular weight is 433 g/mol. The first-order valence-corrected chi connectivity index (χ1v) is 10.7. The molecule has 0 saturated carbocycles. The van der Waals surface area contributed by atoms with Gasteiger partial charge in [0.15, 0.2) is 0 Å². The van der Waals surface area contributed by atoms with Gasteiger partial charge in [0.2, 0.25) is 0 Å². The second-order valence-corrected chi connectivity index (χ2v) is 7.69. The number of nitrogens with two attached hydrogens (primary N) is 2. The van der Waals surface area contributed by atoms with E-state index in [9.17, 15) is 0 Å². The van der Waals surface area contributed by atoms with Crippen molar-refractivity contribution in [1.82, 2.24) is 0 Å². The zero-order chi connectivity index (χ0) is 19.4.